The van der Waals surface area contributed by atoms with Crippen molar-refractivity contribution in [2.75, 3.05) is 49.2 Å². The number of rotatable bonds is 2. The van der Waals surface area contributed by atoms with E-state index in [-0.39, 0.29) is 5.28 Å². The lowest BCUT2D eigenvalue weighted by Gasteiger charge is -2.36. The van der Waals surface area contributed by atoms with Gasteiger partial charge in [0, 0.05) is 26.2 Å². The Morgan fingerprint density at radius 1 is 1.00 bits per heavy atom. The zero-order valence-electron chi connectivity index (χ0n) is 12.1. The van der Waals surface area contributed by atoms with Crippen LogP contribution in [0.5, 0.6) is 0 Å². The Balaban J connectivity index is 1.78. The fourth-order valence-corrected chi connectivity index (χ4v) is 2.72. The van der Waals surface area contributed by atoms with E-state index in [4.69, 9.17) is 16.3 Å². The van der Waals surface area contributed by atoms with Gasteiger partial charge in [-0.25, -0.2) is 0 Å². The number of aliphatic hydroxyl groups is 1. The van der Waals surface area contributed by atoms with Gasteiger partial charge in [-0.3, -0.25) is 0 Å². The molecule has 7 nitrogen and oxygen atoms in total. The SMILES string of the molecule is CC1(O)CCN(c2nc(Cl)nc(N3CCOCC3)n2)CC1. The van der Waals surface area contributed by atoms with Crippen molar-refractivity contribution >= 4 is 23.5 Å². The molecule has 0 bridgehead atoms. The zero-order valence-corrected chi connectivity index (χ0v) is 12.9. The highest BCUT2D eigenvalue weighted by molar-refractivity contribution is 6.28. The molecule has 3 heterocycles. The molecule has 1 aromatic heterocycles. The maximum absolute atomic E-state index is 10.0. The second-order valence-electron chi connectivity index (χ2n) is 5.79. The Morgan fingerprint density at radius 3 is 2.10 bits per heavy atom. The number of hydrogen-bond donors (Lipinski definition) is 1. The van der Waals surface area contributed by atoms with Gasteiger partial charge in [0.2, 0.25) is 17.2 Å². The van der Waals surface area contributed by atoms with E-state index in [1.54, 1.807) is 0 Å². The Morgan fingerprint density at radius 2 is 1.52 bits per heavy atom. The van der Waals surface area contributed by atoms with Crippen LogP contribution in [0.25, 0.3) is 0 Å². The van der Waals surface area contributed by atoms with E-state index < -0.39 is 5.60 Å². The molecule has 0 spiro atoms. The van der Waals surface area contributed by atoms with Crippen LogP contribution in [0.3, 0.4) is 0 Å². The summed E-state index contributed by atoms with van der Waals surface area (Å²) >= 11 is 6.05. The highest BCUT2D eigenvalue weighted by Crippen LogP contribution is 2.25. The molecule has 2 aliphatic heterocycles. The highest BCUT2D eigenvalue weighted by atomic mass is 35.5. The van der Waals surface area contributed by atoms with Gasteiger partial charge in [0.25, 0.3) is 0 Å². The first-order chi connectivity index (χ1) is 10.0. The molecule has 0 unspecified atom stereocenters. The summed E-state index contributed by atoms with van der Waals surface area (Å²) in [7, 11) is 0. The lowest BCUT2D eigenvalue weighted by Crippen LogP contribution is -2.43. The van der Waals surface area contributed by atoms with Crippen LogP contribution in [0.1, 0.15) is 19.8 Å². The van der Waals surface area contributed by atoms with Crippen LogP contribution >= 0.6 is 11.6 Å². The van der Waals surface area contributed by atoms with Crippen LogP contribution in [0.4, 0.5) is 11.9 Å². The minimum Gasteiger partial charge on any atom is -0.390 e. The Bertz CT molecular complexity index is 497. The molecular weight excluding hydrogens is 294 g/mol. The number of nitrogens with zero attached hydrogens (tertiary/aromatic N) is 5. The lowest BCUT2D eigenvalue weighted by molar-refractivity contribution is 0.0349. The number of aromatic nitrogens is 3. The third kappa shape index (κ3) is 3.53. The smallest absolute Gasteiger partial charge is 0.231 e. The molecule has 1 aromatic rings. The molecule has 1 N–H and O–H groups in total. The lowest BCUT2D eigenvalue weighted by atomic mass is 9.94. The second-order valence-corrected chi connectivity index (χ2v) is 6.13. The predicted octanol–water partition coefficient (Wildman–Crippen LogP) is 0.713. The van der Waals surface area contributed by atoms with Gasteiger partial charge in [0.1, 0.15) is 0 Å². The van der Waals surface area contributed by atoms with Crippen molar-refractivity contribution in [3.8, 4) is 0 Å². The summed E-state index contributed by atoms with van der Waals surface area (Å²) in [6.45, 7) is 6.16. The number of halogens is 1. The topological polar surface area (TPSA) is 74.6 Å². The molecule has 0 amide bonds. The van der Waals surface area contributed by atoms with Gasteiger partial charge in [-0.1, -0.05) is 0 Å². The van der Waals surface area contributed by atoms with Gasteiger partial charge in [0.05, 0.1) is 18.8 Å². The number of ether oxygens (including phenoxy) is 1. The van der Waals surface area contributed by atoms with Crippen molar-refractivity contribution in [2.24, 2.45) is 0 Å². The summed E-state index contributed by atoms with van der Waals surface area (Å²) < 4.78 is 5.34. The van der Waals surface area contributed by atoms with Crippen LogP contribution in [0, 0.1) is 0 Å². The third-order valence-electron chi connectivity index (χ3n) is 4.00. The maximum atomic E-state index is 10.0. The van der Waals surface area contributed by atoms with E-state index in [0.717, 1.165) is 26.2 Å². The monoisotopic (exact) mass is 313 g/mol. The summed E-state index contributed by atoms with van der Waals surface area (Å²) in [5.74, 6) is 1.19. The second kappa shape index (κ2) is 5.90. The summed E-state index contributed by atoms with van der Waals surface area (Å²) in [6, 6.07) is 0. The average Bonchev–Trinajstić information content (AvgIpc) is 2.47. The van der Waals surface area contributed by atoms with E-state index in [9.17, 15) is 5.11 Å². The van der Waals surface area contributed by atoms with Gasteiger partial charge in [-0.05, 0) is 31.4 Å². The molecular formula is C13H20ClN5O2. The molecule has 0 atom stereocenters. The molecule has 21 heavy (non-hydrogen) atoms. The molecule has 3 rings (SSSR count). The van der Waals surface area contributed by atoms with Gasteiger partial charge in [-0.2, -0.15) is 15.0 Å². The van der Waals surface area contributed by atoms with Crippen molar-refractivity contribution < 1.29 is 9.84 Å². The number of morpholine rings is 1. The first-order valence-corrected chi connectivity index (χ1v) is 7.63. The van der Waals surface area contributed by atoms with E-state index >= 15 is 0 Å². The first kappa shape index (κ1) is 14.7. The van der Waals surface area contributed by atoms with Crippen molar-refractivity contribution in [1.29, 1.82) is 0 Å². The molecule has 0 aliphatic carbocycles. The van der Waals surface area contributed by atoms with Crippen LogP contribution < -0.4 is 9.80 Å². The van der Waals surface area contributed by atoms with E-state index in [1.165, 1.54) is 0 Å². The molecule has 0 aromatic carbocycles. The molecule has 2 saturated heterocycles. The van der Waals surface area contributed by atoms with E-state index in [1.807, 2.05) is 6.92 Å². The minimum absolute atomic E-state index is 0.207. The number of piperidine rings is 1. The molecule has 0 radical (unpaired) electrons. The maximum Gasteiger partial charge on any atom is 0.231 e. The minimum atomic E-state index is -0.597. The molecule has 2 aliphatic rings. The van der Waals surface area contributed by atoms with Crippen molar-refractivity contribution in [3.63, 3.8) is 0 Å². The predicted molar refractivity (Wildman–Crippen MR) is 79.9 cm³/mol. The molecule has 2 fully saturated rings. The molecule has 116 valence electrons. The van der Waals surface area contributed by atoms with Crippen LogP contribution in [-0.2, 0) is 4.74 Å². The van der Waals surface area contributed by atoms with Gasteiger partial charge >= 0.3 is 0 Å². The third-order valence-corrected chi connectivity index (χ3v) is 4.17. The highest BCUT2D eigenvalue weighted by Gasteiger charge is 2.29. The van der Waals surface area contributed by atoms with Crippen LogP contribution in [-0.4, -0.2) is 65.1 Å². The average molecular weight is 314 g/mol. The fraction of sp³-hybridized carbons (Fsp3) is 0.769. The van der Waals surface area contributed by atoms with Crippen molar-refractivity contribution in [3.05, 3.63) is 5.28 Å². The molecule has 0 saturated carbocycles. The largest absolute Gasteiger partial charge is 0.390 e. The summed E-state index contributed by atoms with van der Waals surface area (Å²) in [4.78, 5) is 17.1. The van der Waals surface area contributed by atoms with Crippen LogP contribution in [0.2, 0.25) is 5.28 Å². The molecule has 8 heteroatoms. The summed E-state index contributed by atoms with van der Waals surface area (Å²) in [5, 5.41) is 10.2. The van der Waals surface area contributed by atoms with E-state index in [0.29, 0.717) is 38.0 Å². The van der Waals surface area contributed by atoms with Crippen LogP contribution in [0.15, 0.2) is 0 Å². The summed E-state index contributed by atoms with van der Waals surface area (Å²) in [5.41, 5.74) is -0.597. The zero-order chi connectivity index (χ0) is 14.9. The van der Waals surface area contributed by atoms with Gasteiger partial charge in [-0.15, -0.1) is 0 Å². The van der Waals surface area contributed by atoms with Gasteiger partial charge in [0.15, 0.2) is 0 Å². The summed E-state index contributed by atoms with van der Waals surface area (Å²) in [6.07, 6.45) is 1.40. The first-order valence-electron chi connectivity index (χ1n) is 7.25. The Kier molecular flexibility index (Phi) is 4.14. The Hall–Kier alpha value is -1.18. The standard InChI is InChI=1S/C13H20ClN5O2/c1-13(20)2-4-18(5-3-13)11-15-10(14)16-12(17-11)19-6-8-21-9-7-19/h20H,2-9H2,1H3. The normalized spacial score (nSPS) is 22.4. The van der Waals surface area contributed by atoms with Gasteiger partial charge < -0.3 is 19.6 Å². The number of anilines is 2. The van der Waals surface area contributed by atoms with E-state index in [2.05, 4.69) is 24.8 Å². The Labute approximate surface area is 128 Å². The van der Waals surface area contributed by atoms with Crippen molar-refractivity contribution in [2.45, 2.75) is 25.4 Å². The fourth-order valence-electron chi connectivity index (χ4n) is 2.56. The number of hydrogen-bond acceptors (Lipinski definition) is 7. The quantitative estimate of drug-likeness (QED) is 0.862. The van der Waals surface area contributed by atoms with Crippen molar-refractivity contribution in [1.82, 2.24) is 15.0 Å².